The Balaban J connectivity index is 1.63. The smallest absolute Gasteiger partial charge is 0.185 e. The first-order valence-corrected chi connectivity index (χ1v) is 7.07. The molecule has 0 amide bonds. The van der Waals surface area contributed by atoms with Crippen molar-refractivity contribution in [3.8, 4) is 34.6 Å². The van der Waals surface area contributed by atoms with Crippen LogP contribution in [0, 0.1) is 0 Å². The third-order valence-corrected chi connectivity index (χ3v) is 3.43. The lowest BCUT2D eigenvalue weighted by Gasteiger charge is -1.93. The minimum atomic E-state index is 0.229. The second-order valence-electron chi connectivity index (χ2n) is 4.97. The summed E-state index contributed by atoms with van der Waals surface area (Å²) in [7, 11) is 0. The van der Waals surface area contributed by atoms with E-state index in [1.807, 2.05) is 0 Å². The maximum absolute atomic E-state index is 10.7. The highest BCUT2D eigenvalue weighted by Gasteiger charge is 2.15. The molecule has 0 aliphatic heterocycles. The molecule has 0 saturated heterocycles. The number of carbonyl (C=O) groups is 2. The molecular weight excluding hydrogens is 312 g/mol. The standard InChI is InChI=1S/C18H10O6/c19-9-11-1-3-13(21-11)15-5-7-17(23-15)18-8-6-16(24-18)14-4-2-12(10-20)22-14/h1-10H. The molecule has 0 aliphatic carbocycles. The van der Waals surface area contributed by atoms with E-state index < -0.39 is 0 Å². The van der Waals surface area contributed by atoms with Gasteiger partial charge in [0.2, 0.25) is 0 Å². The van der Waals surface area contributed by atoms with Crippen LogP contribution in [0.5, 0.6) is 0 Å². The monoisotopic (exact) mass is 322 g/mol. The second kappa shape index (κ2) is 5.58. The van der Waals surface area contributed by atoms with Gasteiger partial charge in [0.15, 0.2) is 58.7 Å². The first-order valence-electron chi connectivity index (χ1n) is 7.07. The quantitative estimate of drug-likeness (QED) is 0.496. The molecule has 0 spiro atoms. The van der Waals surface area contributed by atoms with E-state index in [1.165, 1.54) is 0 Å². The molecule has 4 rings (SSSR count). The van der Waals surface area contributed by atoms with E-state index in [9.17, 15) is 9.59 Å². The predicted octanol–water partition coefficient (Wildman–Crippen LogP) is 4.68. The van der Waals surface area contributed by atoms with Crippen molar-refractivity contribution in [3.63, 3.8) is 0 Å². The lowest BCUT2D eigenvalue weighted by atomic mass is 10.3. The third kappa shape index (κ3) is 2.40. The topological polar surface area (TPSA) is 86.7 Å². The fraction of sp³-hybridized carbons (Fsp3) is 0. The molecule has 24 heavy (non-hydrogen) atoms. The van der Waals surface area contributed by atoms with Gasteiger partial charge < -0.3 is 17.7 Å². The van der Waals surface area contributed by atoms with E-state index in [0.717, 1.165) is 0 Å². The summed E-state index contributed by atoms with van der Waals surface area (Å²) in [5.74, 6) is 3.34. The summed E-state index contributed by atoms with van der Waals surface area (Å²) in [5, 5.41) is 0. The Labute approximate surface area is 135 Å². The number of rotatable bonds is 5. The highest BCUT2D eigenvalue weighted by molar-refractivity contribution is 5.73. The summed E-state index contributed by atoms with van der Waals surface area (Å²) in [6.45, 7) is 0. The average molecular weight is 322 g/mol. The van der Waals surface area contributed by atoms with Crippen LogP contribution in [0.1, 0.15) is 21.1 Å². The van der Waals surface area contributed by atoms with E-state index in [0.29, 0.717) is 47.1 Å². The van der Waals surface area contributed by atoms with E-state index in [4.69, 9.17) is 17.7 Å². The van der Waals surface area contributed by atoms with Crippen molar-refractivity contribution < 1.29 is 27.3 Å². The molecule has 4 aromatic heterocycles. The summed E-state index contributed by atoms with van der Waals surface area (Å²) < 4.78 is 22.0. The van der Waals surface area contributed by atoms with Gasteiger partial charge >= 0.3 is 0 Å². The van der Waals surface area contributed by atoms with Crippen LogP contribution in [0.25, 0.3) is 34.6 Å². The maximum Gasteiger partial charge on any atom is 0.185 e. The first-order chi connectivity index (χ1) is 11.8. The number of aldehydes is 2. The normalized spacial score (nSPS) is 10.8. The van der Waals surface area contributed by atoms with Gasteiger partial charge in [0.05, 0.1) is 0 Å². The molecule has 4 aromatic rings. The molecule has 0 N–H and O–H groups in total. The van der Waals surface area contributed by atoms with Crippen LogP contribution in [0.3, 0.4) is 0 Å². The molecule has 0 bridgehead atoms. The Morgan fingerprint density at radius 1 is 0.458 bits per heavy atom. The van der Waals surface area contributed by atoms with Crippen LogP contribution in [0.4, 0.5) is 0 Å². The zero-order valence-corrected chi connectivity index (χ0v) is 12.2. The summed E-state index contributed by atoms with van der Waals surface area (Å²) in [6.07, 6.45) is 1.26. The van der Waals surface area contributed by atoms with Crippen molar-refractivity contribution in [1.29, 1.82) is 0 Å². The van der Waals surface area contributed by atoms with Gasteiger partial charge in [-0.1, -0.05) is 0 Å². The van der Waals surface area contributed by atoms with Gasteiger partial charge in [-0.15, -0.1) is 0 Å². The SMILES string of the molecule is O=Cc1ccc(-c2ccc(-c3ccc(-c4ccc(C=O)o4)o3)o2)o1. The van der Waals surface area contributed by atoms with Gasteiger partial charge in [0.25, 0.3) is 0 Å². The lowest BCUT2D eigenvalue weighted by molar-refractivity contribution is 0.109. The molecule has 0 fully saturated rings. The van der Waals surface area contributed by atoms with Gasteiger partial charge in [0, 0.05) is 0 Å². The van der Waals surface area contributed by atoms with Crippen molar-refractivity contribution in [2.24, 2.45) is 0 Å². The molecule has 0 atom stereocenters. The predicted molar refractivity (Wildman–Crippen MR) is 82.6 cm³/mol. The average Bonchev–Trinajstić information content (AvgIpc) is 3.40. The Morgan fingerprint density at radius 3 is 1.04 bits per heavy atom. The van der Waals surface area contributed by atoms with Crippen LogP contribution in [0.2, 0.25) is 0 Å². The van der Waals surface area contributed by atoms with E-state index in [2.05, 4.69) is 0 Å². The summed E-state index contributed by atoms with van der Waals surface area (Å²) in [4.78, 5) is 21.3. The van der Waals surface area contributed by atoms with Crippen LogP contribution in [-0.2, 0) is 0 Å². The molecule has 0 aliphatic rings. The Hall–Kier alpha value is -3.54. The zero-order valence-electron chi connectivity index (χ0n) is 12.2. The highest BCUT2D eigenvalue weighted by atomic mass is 16.4. The van der Waals surface area contributed by atoms with Crippen molar-refractivity contribution in [2.75, 3.05) is 0 Å². The van der Waals surface area contributed by atoms with Gasteiger partial charge in [0.1, 0.15) is 0 Å². The van der Waals surface area contributed by atoms with Gasteiger partial charge in [-0.25, -0.2) is 0 Å². The highest BCUT2D eigenvalue weighted by Crippen LogP contribution is 2.33. The minimum Gasteiger partial charge on any atom is -0.450 e. The number of hydrogen-bond donors (Lipinski definition) is 0. The Morgan fingerprint density at radius 2 is 0.750 bits per heavy atom. The number of furan rings is 4. The fourth-order valence-corrected chi connectivity index (χ4v) is 2.30. The number of hydrogen-bond acceptors (Lipinski definition) is 6. The third-order valence-electron chi connectivity index (χ3n) is 3.43. The molecule has 4 heterocycles. The maximum atomic E-state index is 10.7. The molecule has 0 unspecified atom stereocenters. The van der Waals surface area contributed by atoms with E-state index in [-0.39, 0.29) is 11.5 Å². The fourth-order valence-electron chi connectivity index (χ4n) is 2.30. The minimum absolute atomic E-state index is 0.229. The van der Waals surface area contributed by atoms with Gasteiger partial charge in [-0.05, 0) is 48.5 Å². The van der Waals surface area contributed by atoms with E-state index >= 15 is 0 Å². The summed E-state index contributed by atoms with van der Waals surface area (Å²) in [6, 6.07) is 13.4. The number of carbonyl (C=O) groups excluding carboxylic acids is 2. The lowest BCUT2D eigenvalue weighted by Crippen LogP contribution is -1.70. The molecule has 0 radical (unpaired) electrons. The van der Waals surface area contributed by atoms with Crippen LogP contribution in [0.15, 0.2) is 66.2 Å². The van der Waals surface area contributed by atoms with Crippen molar-refractivity contribution in [2.45, 2.75) is 0 Å². The molecule has 118 valence electrons. The molecular formula is C18H10O6. The molecule has 0 aromatic carbocycles. The second-order valence-corrected chi connectivity index (χ2v) is 4.97. The zero-order chi connectivity index (χ0) is 16.5. The largest absolute Gasteiger partial charge is 0.450 e. The van der Waals surface area contributed by atoms with Gasteiger partial charge in [-0.2, -0.15) is 0 Å². The van der Waals surface area contributed by atoms with Crippen molar-refractivity contribution >= 4 is 12.6 Å². The summed E-state index contributed by atoms with van der Waals surface area (Å²) in [5.41, 5.74) is 0. The molecule has 6 nitrogen and oxygen atoms in total. The van der Waals surface area contributed by atoms with E-state index in [1.54, 1.807) is 48.5 Å². The first kappa shape index (κ1) is 14.1. The van der Waals surface area contributed by atoms with Crippen molar-refractivity contribution in [3.05, 3.63) is 60.1 Å². The summed E-state index contributed by atoms with van der Waals surface area (Å²) >= 11 is 0. The molecule has 0 saturated carbocycles. The Kier molecular flexibility index (Phi) is 3.28. The molecule has 6 heteroatoms. The van der Waals surface area contributed by atoms with Crippen LogP contribution in [-0.4, -0.2) is 12.6 Å². The van der Waals surface area contributed by atoms with Crippen LogP contribution < -0.4 is 0 Å². The van der Waals surface area contributed by atoms with Crippen molar-refractivity contribution in [1.82, 2.24) is 0 Å². The Bertz CT molecular complexity index is 927. The van der Waals surface area contributed by atoms with Gasteiger partial charge in [-0.3, -0.25) is 9.59 Å². The van der Waals surface area contributed by atoms with Crippen LogP contribution >= 0.6 is 0 Å².